The van der Waals surface area contributed by atoms with Gasteiger partial charge < -0.3 is 0 Å². The van der Waals surface area contributed by atoms with Gasteiger partial charge in [0, 0.05) is 6.20 Å². The van der Waals surface area contributed by atoms with Gasteiger partial charge >= 0.3 is 0 Å². The predicted octanol–water partition coefficient (Wildman–Crippen LogP) is 1.22. The summed E-state index contributed by atoms with van der Waals surface area (Å²) in [6, 6.07) is 5.69. The third kappa shape index (κ3) is 1.70. The van der Waals surface area contributed by atoms with E-state index in [1.165, 1.54) is 6.33 Å². The van der Waals surface area contributed by atoms with Gasteiger partial charge in [-0.2, -0.15) is 17.7 Å². The van der Waals surface area contributed by atoms with E-state index in [0.717, 1.165) is 5.69 Å². The predicted molar refractivity (Wildman–Crippen MR) is 51.4 cm³/mol. The van der Waals surface area contributed by atoms with Crippen LogP contribution >= 0.6 is 12.6 Å². The topological polar surface area (TPSA) is 54.5 Å². The molecule has 0 amide bonds. The minimum Gasteiger partial charge on any atom is -0.262 e. The standard InChI is InChI=1S/C8H8N4S/c13-7(8-10-5-11-12-8)6-3-1-2-4-9-6/h1-5,7,13H,(H,10,11,12). The molecule has 0 radical (unpaired) electrons. The van der Waals surface area contributed by atoms with Crippen molar-refractivity contribution >= 4 is 12.6 Å². The van der Waals surface area contributed by atoms with Crippen LogP contribution in [0.15, 0.2) is 30.7 Å². The number of thiol groups is 1. The Morgan fingerprint density at radius 1 is 1.31 bits per heavy atom. The van der Waals surface area contributed by atoms with E-state index in [9.17, 15) is 0 Å². The van der Waals surface area contributed by atoms with E-state index in [-0.39, 0.29) is 5.25 Å². The molecule has 0 aromatic carbocycles. The maximum absolute atomic E-state index is 4.38. The monoisotopic (exact) mass is 192 g/mol. The van der Waals surface area contributed by atoms with E-state index in [2.05, 4.69) is 32.8 Å². The van der Waals surface area contributed by atoms with Gasteiger partial charge in [0.05, 0.1) is 5.69 Å². The second-order valence-corrected chi connectivity index (χ2v) is 3.04. The Morgan fingerprint density at radius 3 is 2.85 bits per heavy atom. The lowest BCUT2D eigenvalue weighted by atomic mass is 10.2. The third-order valence-corrected chi connectivity index (χ3v) is 2.17. The van der Waals surface area contributed by atoms with Crippen LogP contribution in [0.2, 0.25) is 0 Å². The summed E-state index contributed by atoms with van der Waals surface area (Å²) < 4.78 is 0. The van der Waals surface area contributed by atoms with Crippen LogP contribution in [0.3, 0.4) is 0 Å². The van der Waals surface area contributed by atoms with E-state index < -0.39 is 0 Å². The average Bonchev–Trinajstić information content (AvgIpc) is 2.71. The molecule has 4 nitrogen and oxygen atoms in total. The zero-order valence-electron chi connectivity index (χ0n) is 6.75. The Kier molecular flexibility index (Phi) is 2.27. The van der Waals surface area contributed by atoms with E-state index in [1.807, 2.05) is 18.2 Å². The molecule has 0 bridgehead atoms. The molecule has 2 heterocycles. The average molecular weight is 192 g/mol. The van der Waals surface area contributed by atoms with Gasteiger partial charge in [-0.15, -0.1) is 0 Å². The molecule has 2 aromatic rings. The molecule has 5 heteroatoms. The summed E-state index contributed by atoms with van der Waals surface area (Å²) in [5.41, 5.74) is 0.864. The van der Waals surface area contributed by atoms with Crippen LogP contribution in [-0.4, -0.2) is 20.2 Å². The zero-order valence-corrected chi connectivity index (χ0v) is 7.65. The summed E-state index contributed by atoms with van der Waals surface area (Å²) >= 11 is 4.38. The Labute approximate surface area is 80.8 Å². The molecule has 66 valence electrons. The van der Waals surface area contributed by atoms with Gasteiger partial charge in [-0.05, 0) is 12.1 Å². The summed E-state index contributed by atoms with van der Waals surface area (Å²) in [6.07, 6.45) is 3.19. The van der Waals surface area contributed by atoms with Crippen molar-refractivity contribution in [1.29, 1.82) is 0 Å². The van der Waals surface area contributed by atoms with Crippen molar-refractivity contribution in [2.45, 2.75) is 5.25 Å². The van der Waals surface area contributed by atoms with Crippen LogP contribution < -0.4 is 0 Å². The number of H-pyrrole nitrogens is 1. The van der Waals surface area contributed by atoms with Gasteiger partial charge in [0.25, 0.3) is 0 Å². The van der Waals surface area contributed by atoms with Gasteiger partial charge in [0.2, 0.25) is 0 Å². The number of pyridine rings is 1. The van der Waals surface area contributed by atoms with E-state index in [0.29, 0.717) is 5.82 Å². The number of nitrogens with zero attached hydrogens (tertiary/aromatic N) is 3. The number of hydrogen-bond acceptors (Lipinski definition) is 4. The SMILES string of the molecule is SC(c1ccccn1)c1ncn[nH]1. The minimum absolute atomic E-state index is 0.135. The molecule has 0 spiro atoms. The summed E-state index contributed by atoms with van der Waals surface area (Å²) in [6.45, 7) is 0. The molecule has 0 aliphatic rings. The Bertz CT molecular complexity index is 359. The summed E-state index contributed by atoms with van der Waals surface area (Å²) in [5.74, 6) is 0.710. The fraction of sp³-hybridized carbons (Fsp3) is 0.125. The molecular weight excluding hydrogens is 184 g/mol. The molecule has 0 saturated heterocycles. The van der Waals surface area contributed by atoms with Gasteiger partial charge in [-0.25, -0.2) is 4.98 Å². The lowest BCUT2D eigenvalue weighted by Crippen LogP contribution is -1.98. The largest absolute Gasteiger partial charge is 0.262 e. The molecule has 0 saturated carbocycles. The van der Waals surface area contributed by atoms with Gasteiger partial charge in [0.15, 0.2) is 0 Å². The van der Waals surface area contributed by atoms with Crippen LogP contribution in [0.25, 0.3) is 0 Å². The highest BCUT2D eigenvalue weighted by atomic mass is 32.1. The first-order valence-electron chi connectivity index (χ1n) is 3.82. The summed E-state index contributed by atoms with van der Waals surface area (Å²) in [7, 11) is 0. The van der Waals surface area contributed by atoms with Crippen molar-refractivity contribution in [3.63, 3.8) is 0 Å². The second-order valence-electron chi connectivity index (χ2n) is 2.53. The van der Waals surface area contributed by atoms with Crippen LogP contribution in [-0.2, 0) is 0 Å². The van der Waals surface area contributed by atoms with Gasteiger partial charge in [-0.1, -0.05) is 6.07 Å². The van der Waals surface area contributed by atoms with Gasteiger partial charge in [0.1, 0.15) is 17.4 Å². The van der Waals surface area contributed by atoms with E-state index >= 15 is 0 Å². The lowest BCUT2D eigenvalue weighted by molar-refractivity contribution is 0.929. The second kappa shape index (κ2) is 3.57. The van der Waals surface area contributed by atoms with Crippen molar-refractivity contribution in [3.8, 4) is 0 Å². The summed E-state index contributed by atoms with van der Waals surface area (Å²) in [5, 5.41) is 6.38. The third-order valence-electron chi connectivity index (χ3n) is 1.66. The van der Waals surface area contributed by atoms with Crippen LogP contribution in [0.5, 0.6) is 0 Å². The lowest BCUT2D eigenvalue weighted by Gasteiger charge is -2.04. The minimum atomic E-state index is -0.135. The molecule has 2 rings (SSSR count). The zero-order chi connectivity index (χ0) is 9.10. The summed E-state index contributed by atoms with van der Waals surface area (Å²) in [4.78, 5) is 8.18. The first-order valence-corrected chi connectivity index (χ1v) is 4.34. The fourth-order valence-corrected chi connectivity index (χ4v) is 1.30. The number of nitrogens with one attached hydrogen (secondary N) is 1. The van der Waals surface area contributed by atoms with Crippen LogP contribution in [0.1, 0.15) is 16.8 Å². The molecule has 1 N–H and O–H groups in total. The normalized spacial score (nSPS) is 12.7. The first kappa shape index (κ1) is 8.25. The van der Waals surface area contributed by atoms with E-state index in [4.69, 9.17) is 0 Å². The van der Waals surface area contributed by atoms with Crippen molar-refractivity contribution < 1.29 is 0 Å². The quantitative estimate of drug-likeness (QED) is 0.703. The number of aromatic nitrogens is 4. The molecule has 1 unspecified atom stereocenters. The highest BCUT2D eigenvalue weighted by Crippen LogP contribution is 2.22. The molecule has 0 fully saturated rings. The molecule has 0 aliphatic carbocycles. The Balaban J connectivity index is 2.29. The number of aromatic amines is 1. The van der Waals surface area contributed by atoms with Gasteiger partial charge in [-0.3, -0.25) is 10.1 Å². The van der Waals surface area contributed by atoms with E-state index in [1.54, 1.807) is 6.20 Å². The molecule has 0 aliphatic heterocycles. The van der Waals surface area contributed by atoms with Crippen molar-refractivity contribution in [1.82, 2.24) is 20.2 Å². The van der Waals surface area contributed by atoms with Crippen molar-refractivity contribution in [2.24, 2.45) is 0 Å². The molecule has 1 atom stereocenters. The van der Waals surface area contributed by atoms with Crippen molar-refractivity contribution in [3.05, 3.63) is 42.2 Å². The molecular formula is C8H8N4S. The first-order chi connectivity index (χ1) is 6.38. The Hall–Kier alpha value is -1.36. The Morgan fingerprint density at radius 2 is 2.23 bits per heavy atom. The highest BCUT2D eigenvalue weighted by Gasteiger charge is 2.12. The van der Waals surface area contributed by atoms with Crippen molar-refractivity contribution in [2.75, 3.05) is 0 Å². The fourth-order valence-electron chi connectivity index (χ4n) is 1.02. The maximum atomic E-state index is 4.38. The maximum Gasteiger partial charge on any atom is 0.143 e. The number of hydrogen-bond donors (Lipinski definition) is 2. The highest BCUT2D eigenvalue weighted by molar-refractivity contribution is 7.80. The molecule has 13 heavy (non-hydrogen) atoms. The number of rotatable bonds is 2. The van der Waals surface area contributed by atoms with Crippen LogP contribution in [0.4, 0.5) is 0 Å². The molecule has 2 aromatic heterocycles. The smallest absolute Gasteiger partial charge is 0.143 e. The van der Waals surface area contributed by atoms with Crippen LogP contribution in [0, 0.1) is 0 Å².